The van der Waals surface area contributed by atoms with E-state index in [1.165, 1.54) is 22.9 Å². The van der Waals surface area contributed by atoms with Crippen LogP contribution in [0.5, 0.6) is 5.88 Å². The fourth-order valence-corrected chi connectivity index (χ4v) is 3.30. The molecule has 0 bridgehead atoms. The van der Waals surface area contributed by atoms with Crippen LogP contribution in [0.3, 0.4) is 0 Å². The Kier molecular flexibility index (Phi) is 5.92. The lowest BCUT2D eigenvalue weighted by Gasteiger charge is -2.22. The van der Waals surface area contributed by atoms with Gasteiger partial charge in [-0.2, -0.15) is 0 Å². The van der Waals surface area contributed by atoms with E-state index in [9.17, 15) is 13.2 Å². The van der Waals surface area contributed by atoms with Crippen LogP contribution in [0.2, 0.25) is 0 Å². The number of nitrogens with zero attached hydrogens (tertiary/aromatic N) is 2. The molecule has 0 radical (unpaired) electrons. The zero-order chi connectivity index (χ0) is 18.1. The zero-order valence-corrected chi connectivity index (χ0v) is 15.2. The van der Waals surface area contributed by atoms with E-state index in [1.54, 1.807) is 6.07 Å². The molecule has 1 aliphatic heterocycles. The van der Waals surface area contributed by atoms with Crippen molar-refractivity contribution in [3.8, 4) is 11.6 Å². The van der Waals surface area contributed by atoms with Crippen LogP contribution in [0.15, 0.2) is 36.4 Å². The first-order valence-electron chi connectivity index (χ1n) is 8.59. The number of hydrogen-bond acceptors (Lipinski definition) is 3. The van der Waals surface area contributed by atoms with Crippen LogP contribution in [0.4, 0.5) is 13.2 Å². The first-order valence-corrected chi connectivity index (χ1v) is 8.59. The Morgan fingerprint density at radius 1 is 1.15 bits per heavy atom. The van der Waals surface area contributed by atoms with Gasteiger partial charge in [0, 0.05) is 18.5 Å². The van der Waals surface area contributed by atoms with Crippen molar-refractivity contribution in [2.75, 3.05) is 19.7 Å². The van der Waals surface area contributed by atoms with E-state index in [1.807, 2.05) is 0 Å². The average molecular weight is 398 g/mol. The van der Waals surface area contributed by atoms with Crippen LogP contribution in [-0.4, -0.2) is 29.5 Å². The monoisotopic (exact) mass is 397 g/mol. The van der Waals surface area contributed by atoms with Gasteiger partial charge in [-0.15, -0.1) is 17.5 Å². The van der Waals surface area contributed by atoms with E-state index in [0.29, 0.717) is 18.0 Å². The largest absolute Gasteiger partial charge is 0.476 e. The fraction of sp³-hybridized carbons (Fsp3) is 0.316. The lowest BCUT2D eigenvalue weighted by atomic mass is 10.0. The second kappa shape index (κ2) is 8.19. The molecule has 2 aromatic carbocycles. The lowest BCUT2D eigenvalue weighted by molar-refractivity contribution is 0.213. The molecule has 0 spiro atoms. The maximum atomic E-state index is 14.4. The molecular formula is C19H19ClF3N3O. The predicted octanol–water partition coefficient (Wildman–Crippen LogP) is 4.24. The van der Waals surface area contributed by atoms with Crippen molar-refractivity contribution in [3.05, 3.63) is 53.8 Å². The normalized spacial score (nSPS) is 16.9. The predicted molar refractivity (Wildman–Crippen MR) is 99.3 cm³/mol. The molecule has 144 valence electrons. The van der Waals surface area contributed by atoms with E-state index >= 15 is 0 Å². The highest BCUT2D eigenvalue weighted by atomic mass is 35.5. The summed E-state index contributed by atoms with van der Waals surface area (Å²) < 4.78 is 48.9. The van der Waals surface area contributed by atoms with Crippen LogP contribution in [0.1, 0.15) is 12.8 Å². The van der Waals surface area contributed by atoms with Gasteiger partial charge in [-0.25, -0.2) is 17.9 Å². The Hall–Kier alpha value is -2.25. The first-order chi connectivity index (χ1) is 12.6. The van der Waals surface area contributed by atoms with Gasteiger partial charge in [-0.1, -0.05) is 6.07 Å². The van der Waals surface area contributed by atoms with Crippen LogP contribution in [-0.2, 0) is 0 Å². The minimum Gasteiger partial charge on any atom is -0.476 e. The van der Waals surface area contributed by atoms with Crippen LogP contribution in [0.25, 0.3) is 16.6 Å². The van der Waals surface area contributed by atoms with E-state index in [-0.39, 0.29) is 29.4 Å². The zero-order valence-electron chi connectivity index (χ0n) is 14.4. The number of fused-ring (bicyclic) bond motifs is 1. The smallest absolute Gasteiger partial charge is 0.244 e. The number of hydrogen-bond donors (Lipinski definition) is 1. The van der Waals surface area contributed by atoms with E-state index < -0.39 is 17.5 Å². The standard InChI is InChI=1S/C19H18F3N3O.ClH/c20-13-6-7-16(15(22)9-13)25-17-5-1-4-14(21)18(17)19(24-25)26-11-12-3-2-8-23-10-12;/h1,4-7,9,12,23H,2-3,8,10-11H2;1H. The third-order valence-electron chi connectivity index (χ3n) is 4.62. The average Bonchev–Trinajstić information content (AvgIpc) is 3.01. The molecule has 8 heteroatoms. The van der Waals surface area contributed by atoms with Crippen LogP contribution in [0, 0.1) is 23.4 Å². The molecule has 4 nitrogen and oxygen atoms in total. The molecule has 0 amide bonds. The van der Waals surface area contributed by atoms with Gasteiger partial charge >= 0.3 is 0 Å². The molecule has 3 aromatic rings. The number of ether oxygens (including phenoxy) is 1. The number of piperidine rings is 1. The van der Waals surface area contributed by atoms with Gasteiger partial charge in [-0.05, 0) is 43.7 Å². The molecule has 1 fully saturated rings. The molecule has 4 rings (SSSR count). The molecule has 1 saturated heterocycles. The summed E-state index contributed by atoms with van der Waals surface area (Å²) in [6.45, 7) is 2.24. The molecule has 27 heavy (non-hydrogen) atoms. The summed E-state index contributed by atoms with van der Waals surface area (Å²) in [4.78, 5) is 0. The number of nitrogens with one attached hydrogen (secondary N) is 1. The Labute approximate surface area is 160 Å². The van der Waals surface area contributed by atoms with Gasteiger partial charge in [0.05, 0.1) is 17.5 Å². The molecule has 1 aliphatic rings. The minimum absolute atomic E-state index is 0. The molecule has 1 atom stereocenters. The SMILES string of the molecule is Cl.Fc1ccc(-n2nc(OCC3CCCNC3)c3c(F)cccc32)c(F)c1. The number of benzene rings is 2. The van der Waals surface area contributed by atoms with Gasteiger partial charge in [0.2, 0.25) is 5.88 Å². The summed E-state index contributed by atoms with van der Waals surface area (Å²) in [5.74, 6) is -1.52. The quantitative estimate of drug-likeness (QED) is 0.715. The molecule has 1 aromatic heterocycles. The molecular weight excluding hydrogens is 379 g/mol. The van der Waals surface area contributed by atoms with Crippen molar-refractivity contribution in [3.63, 3.8) is 0 Å². The van der Waals surface area contributed by atoms with Crippen LogP contribution < -0.4 is 10.1 Å². The molecule has 0 aliphatic carbocycles. The summed E-state index contributed by atoms with van der Waals surface area (Å²) in [6.07, 6.45) is 2.10. The number of aromatic nitrogens is 2. The maximum absolute atomic E-state index is 14.4. The second-order valence-electron chi connectivity index (χ2n) is 6.47. The third-order valence-corrected chi connectivity index (χ3v) is 4.62. The Morgan fingerprint density at radius 2 is 2.00 bits per heavy atom. The fourth-order valence-electron chi connectivity index (χ4n) is 3.30. The first kappa shape index (κ1) is 19.5. The van der Waals surface area contributed by atoms with E-state index in [2.05, 4.69) is 10.4 Å². The highest BCUT2D eigenvalue weighted by Gasteiger charge is 2.21. The second-order valence-corrected chi connectivity index (χ2v) is 6.47. The van der Waals surface area contributed by atoms with Gasteiger partial charge in [0.25, 0.3) is 0 Å². The summed E-state index contributed by atoms with van der Waals surface area (Å²) >= 11 is 0. The summed E-state index contributed by atoms with van der Waals surface area (Å²) in [5.41, 5.74) is 0.406. The Morgan fingerprint density at radius 3 is 2.74 bits per heavy atom. The molecule has 1 N–H and O–H groups in total. The van der Waals surface area contributed by atoms with Crippen LogP contribution >= 0.6 is 12.4 Å². The number of halogens is 4. The highest BCUT2D eigenvalue weighted by Crippen LogP contribution is 2.31. The van der Waals surface area contributed by atoms with E-state index in [4.69, 9.17) is 4.74 Å². The van der Waals surface area contributed by atoms with Crippen molar-refractivity contribution in [2.24, 2.45) is 5.92 Å². The van der Waals surface area contributed by atoms with Crippen molar-refractivity contribution >= 4 is 23.3 Å². The van der Waals surface area contributed by atoms with Crippen molar-refractivity contribution in [1.82, 2.24) is 15.1 Å². The summed E-state index contributed by atoms with van der Waals surface area (Å²) in [5, 5.41) is 7.76. The molecule has 2 heterocycles. The van der Waals surface area contributed by atoms with Crippen molar-refractivity contribution < 1.29 is 17.9 Å². The number of rotatable bonds is 4. The van der Waals surface area contributed by atoms with Gasteiger partial charge < -0.3 is 10.1 Å². The van der Waals surface area contributed by atoms with Gasteiger partial charge in [-0.3, -0.25) is 0 Å². The van der Waals surface area contributed by atoms with Gasteiger partial charge in [0.1, 0.15) is 17.3 Å². The van der Waals surface area contributed by atoms with Crippen molar-refractivity contribution in [2.45, 2.75) is 12.8 Å². The highest BCUT2D eigenvalue weighted by molar-refractivity contribution is 5.86. The minimum atomic E-state index is -0.776. The van der Waals surface area contributed by atoms with Gasteiger partial charge in [0.15, 0.2) is 5.82 Å². The summed E-state index contributed by atoms with van der Waals surface area (Å²) in [7, 11) is 0. The lowest BCUT2D eigenvalue weighted by Crippen LogP contribution is -2.33. The maximum Gasteiger partial charge on any atom is 0.244 e. The third kappa shape index (κ3) is 3.89. The summed E-state index contributed by atoms with van der Waals surface area (Å²) in [6, 6.07) is 7.65. The van der Waals surface area contributed by atoms with Crippen molar-refractivity contribution in [1.29, 1.82) is 0 Å². The molecule has 1 unspecified atom stereocenters. The van der Waals surface area contributed by atoms with E-state index in [0.717, 1.165) is 38.1 Å². The Balaban J connectivity index is 0.00000210. The topological polar surface area (TPSA) is 39.1 Å². The Bertz CT molecular complexity index is 941. The molecule has 0 saturated carbocycles.